The molecular weight excluding hydrogens is 188 g/mol. The molecule has 0 bridgehead atoms. The fourth-order valence-corrected chi connectivity index (χ4v) is 0.942. The number of phenols is 1. The fraction of sp³-hybridized carbons (Fsp3) is 0.222. The molecule has 1 aromatic rings. The second-order valence-corrected chi connectivity index (χ2v) is 2.69. The van der Waals surface area contributed by atoms with Crippen LogP contribution in [0.1, 0.15) is 12.0 Å². The van der Waals surface area contributed by atoms with Gasteiger partial charge in [-0.05, 0) is 24.1 Å². The third-order valence-electron chi connectivity index (χ3n) is 1.62. The van der Waals surface area contributed by atoms with Gasteiger partial charge in [0.05, 0.1) is 5.84 Å². The first-order chi connectivity index (χ1) is 5.68. The van der Waals surface area contributed by atoms with Gasteiger partial charge in [0.15, 0.2) is 0 Å². The van der Waals surface area contributed by atoms with E-state index in [2.05, 4.69) is 0 Å². The number of amidine groups is 1. The minimum atomic E-state index is 0. The van der Waals surface area contributed by atoms with Crippen molar-refractivity contribution in [3.05, 3.63) is 29.8 Å². The highest BCUT2D eigenvalue weighted by atomic mass is 35.5. The van der Waals surface area contributed by atoms with Crippen molar-refractivity contribution in [3.63, 3.8) is 0 Å². The molecule has 4 heteroatoms. The number of benzene rings is 1. The van der Waals surface area contributed by atoms with Crippen molar-refractivity contribution in [1.29, 1.82) is 5.41 Å². The van der Waals surface area contributed by atoms with Crippen molar-refractivity contribution < 1.29 is 5.11 Å². The SMILES string of the molecule is Cl.N=C(N)CCc1ccc(O)cc1. The van der Waals surface area contributed by atoms with Gasteiger partial charge in [0, 0.05) is 6.42 Å². The van der Waals surface area contributed by atoms with Gasteiger partial charge in [-0.25, -0.2) is 0 Å². The van der Waals surface area contributed by atoms with Gasteiger partial charge in [0.1, 0.15) is 5.75 Å². The molecule has 0 radical (unpaired) electrons. The molecular formula is C9H13ClN2O. The van der Waals surface area contributed by atoms with E-state index >= 15 is 0 Å². The zero-order chi connectivity index (χ0) is 8.97. The average Bonchev–Trinajstić information content (AvgIpc) is 2.03. The Bertz CT molecular complexity index is 271. The van der Waals surface area contributed by atoms with E-state index in [0.717, 1.165) is 12.0 Å². The summed E-state index contributed by atoms with van der Waals surface area (Å²) in [6, 6.07) is 6.93. The quantitative estimate of drug-likeness (QED) is 0.513. The molecule has 0 aliphatic heterocycles. The Kier molecular flexibility index (Phi) is 4.92. The van der Waals surface area contributed by atoms with Crippen LogP contribution in [0.2, 0.25) is 0 Å². The molecule has 0 aliphatic carbocycles. The van der Waals surface area contributed by atoms with E-state index in [0.29, 0.717) is 6.42 Å². The Hall–Kier alpha value is -1.22. The number of nitrogens with one attached hydrogen (secondary N) is 1. The maximum absolute atomic E-state index is 8.97. The third kappa shape index (κ3) is 4.38. The number of aromatic hydroxyl groups is 1. The summed E-state index contributed by atoms with van der Waals surface area (Å²) < 4.78 is 0. The van der Waals surface area contributed by atoms with Gasteiger partial charge < -0.3 is 10.8 Å². The highest BCUT2D eigenvalue weighted by molar-refractivity contribution is 5.85. The van der Waals surface area contributed by atoms with Crippen LogP contribution in [0.15, 0.2) is 24.3 Å². The number of halogens is 1. The third-order valence-corrected chi connectivity index (χ3v) is 1.62. The Morgan fingerprint density at radius 2 is 1.85 bits per heavy atom. The molecule has 0 atom stereocenters. The fourth-order valence-electron chi connectivity index (χ4n) is 0.942. The monoisotopic (exact) mass is 200 g/mol. The molecule has 4 N–H and O–H groups in total. The summed E-state index contributed by atoms with van der Waals surface area (Å²) in [5.41, 5.74) is 6.29. The zero-order valence-electron chi connectivity index (χ0n) is 7.16. The molecule has 0 saturated heterocycles. The van der Waals surface area contributed by atoms with Gasteiger partial charge in [-0.15, -0.1) is 12.4 Å². The predicted octanol–water partition coefficient (Wildman–Crippen LogP) is 1.68. The number of rotatable bonds is 3. The average molecular weight is 201 g/mol. The van der Waals surface area contributed by atoms with Gasteiger partial charge in [-0.1, -0.05) is 12.1 Å². The van der Waals surface area contributed by atoms with E-state index in [-0.39, 0.29) is 24.0 Å². The number of hydrogen-bond acceptors (Lipinski definition) is 2. The molecule has 72 valence electrons. The van der Waals surface area contributed by atoms with E-state index in [9.17, 15) is 0 Å². The molecule has 0 aromatic heterocycles. The zero-order valence-corrected chi connectivity index (χ0v) is 7.97. The van der Waals surface area contributed by atoms with E-state index in [4.69, 9.17) is 16.2 Å². The molecule has 1 aromatic carbocycles. The van der Waals surface area contributed by atoms with Crippen molar-refractivity contribution in [1.82, 2.24) is 0 Å². The standard InChI is InChI=1S/C9H12N2O.ClH/c10-9(11)6-3-7-1-4-8(12)5-2-7;/h1-2,4-5,12H,3,6H2,(H3,10,11);1H. The Morgan fingerprint density at radius 3 is 2.31 bits per heavy atom. The smallest absolute Gasteiger partial charge is 0.115 e. The first-order valence-corrected chi connectivity index (χ1v) is 3.79. The first-order valence-electron chi connectivity index (χ1n) is 3.79. The summed E-state index contributed by atoms with van der Waals surface area (Å²) >= 11 is 0. The Labute approximate surface area is 83.5 Å². The molecule has 0 heterocycles. The minimum Gasteiger partial charge on any atom is -0.508 e. The highest BCUT2D eigenvalue weighted by Gasteiger charge is 1.94. The summed E-state index contributed by atoms with van der Waals surface area (Å²) in [6.07, 6.45) is 1.33. The lowest BCUT2D eigenvalue weighted by molar-refractivity contribution is 0.475. The molecule has 0 spiro atoms. The van der Waals surface area contributed by atoms with Crippen molar-refractivity contribution in [2.24, 2.45) is 5.73 Å². The lowest BCUT2D eigenvalue weighted by Gasteiger charge is -1.99. The molecule has 3 nitrogen and oxygen atoms in total. The molecule has 0 fully saturated rings. The van der Waals surface area contributed by atoms with E-state index in [1.807, 2.05) is 12.1 Å². The number of aryl methyl sites for hydroxylation is 1. The van der Waals surface area contributed by atoms with Crippen LogP contribution in [0.5, 0.6) is 5.75 Å². The van der Waals surface area contributed by atoms with Gasteiger partial charge >= 0.3 is 0 Å². The van der Waals surface area contributed by atoms with Crippen LogP contribution in [-0.2, 0) is 6.42 Å². The van der Waals surface area contributed by atoms with Crippen LogP contribution in [0.3, 0.4) is 0 Å². The van der Waals surface area contributed by atoms with Gasteiger partial charge in [0.2, 0.25) is 0 Å². The minimum absolute atomic E-state index is 0. The topological polar surface area (TPSA) is 70.1 Å². The van der Waals surface area contributed by atoms with Crippen LogP contribution in [0.25, 0.3) is 0 Å². The van der Waals surface area contributed by atoms with Crippen LogP contribution in [0, 0.1) is 5.41 Å². The van der Waals surface area contributed by atoms with Crippen LogP contribution in [-0.4, -0.2) is 10.9 Å². The van der Waals surface area contributed by atoms with Crippen molar-refractivity contribution in [2.45, 2.75) is 12.8 Å². The maximum atomic E-state index is 8.97. The maximum Gasteiger partial charge on any atom is 0.115 e. The Balaban J connectivity index is 0.00000144. The summed E-state index contributed by atoms with van der Waals surface area (Å²) in [6.45, 7) is 0. The summed E-state index contributed by atoms with van der Waals surface area (Å²) in [5.74, 6) is 0.463. The van der Waals surface area contributed by atoms with Crippen molar-refractivity contribution in [3.8, 4) is 5.75 Å². The van der Waals surface area contributed by atoms with E-state index in [1.165, 1.54) is 0 Å². The number of nitrogens with two attached hydrogens (primary N) is 1. The molecule has 0 aliphatic rings. The lowest BCUT2D eigenvalue weighted by atomic mass is 10.1. The van der Waals surface area contributed by atoms with Crippen LogP contribution >= 0.6 is 12.4 Å². The molecule has 0 amide bonds. The largest absolute Gasteiger partial charge is 0.508 e. The number of phenolic OH excluding ortho intramolecular Hbond substituents is 1. The first kappa shape index (κ1) is 11.8. The van der Waals surface area contributed by atoms with E-state index in [1.54, 1.807) is 12.1 Å². The summed E-state index contributed by atoms with van der Waals surface area (Å²) in [5, 5.41) is 16.0. The molecule has 1 rings (SSSR count). The lowest BCUT2D eigenvalue weighted by Crippen LogP contribution is -2.09. The summed E-state index contributed by atoms with van der Waals surface area (Å²) in [4.78, 5) is 0. The summed E-state index contributed by atoms with van der Waals surface area (Å²) in [7, 11) is 0. The van der Waals surface area contributed by atoms with Gasteiger partial charge in [-0.3, -0.25) is 5.41 Å². The van der Waals surface area contributed by atoms with Crippen LogP contribution in [0.4, 0.5) is 0 Å². The molecule has 0 unspecified atom stereocenters. The normalized spacial score (nSPS) is 8.92. The second-order valence-electron chi connectivity index (χ2n) is 2.69. The van der Waals surface area contributed by atoms with E-state index < -0.39 is 0 Å². The predicted molar refractivity (Wildman–Crippen MR) is 55.6 cm³/mol. The van der Waals surface area contributed by atoms with Crippen molar-refractivity contribution >= 4 is 18.2 Å². The van der Waals surface area contributed by atoms with Crippen molar-refractivity contribution in [2.75, 3.05) is 0 Å². The van der Waals surface area contributed by atoms with Gasteiger partial charge in [-0.2, -0.15) is 0 Å². The Morgan fingerprint density at radius 1 is 1.31 bits per heavy atom. The van der Waals surface area contributed by atoms with Crippen LogP contribution < -0.4 is 5.73 Å². The highest BCUT2D eigenvalue weighted by Crippen LogP contribution is 2.10. The molecule has 13 heavy (non-hydrogen) atoms. The molecule has 0 saturated carbocycles. The van der Waals surface area contributed by atoms with Gasteiger partial charge in [0.25, 0.3) is 0 Å². The second kappa shape index (κ2) is 5.43. The number of hydrogen-bond donors (Lipinski definition) is 3.